The topological polar surface area (TPSA) is 37.3 Å². The van der Waals surface area contributed by atoms with Crippen molar-refractivity contribution >= 4 is 27.0 Å². The standard InChI is InChI=1S/C8H13BrO2S/c1-6-3-2-4-7(8(6)9)5-12(10)11/h7-8H,1-5H2,(H,10,11). The van der Waals surface area contributed by atoms with Gasteiger partial charge in [0, 0.05) is 4.83 Å². The molecule has 0 aromatic carbocycles. The van der Waals surface area contributed by atoms with E-state index in [1.807, 2.05) is 0 Å². The molecule has 1 rings (SSSR count). The van der Waals surface area contributed by atoms with Crippen LogP contribution >= 0.6 is 15.9 Å². The monoisotopic (exact) mass is 252 g/mol. The van der Waals surface area contributed by atoms with E-state index in [-0.39, 0.29) is 10.7 Å². The Morgan fingerprint density at radius 1 is 1.75 bits per heavy atom. The molecule has 0 bridgehead atoms. The smallest absolute Gasteiger partial charge is 0.153 e. The van der Waals surface area contributed by atoms with E-state index in [1.165, 1.54) is 0 Å². The first-order valence-electron chi connectivity index (χ1n) is 4.00. The van der Waals surface area contributed by atoms with Crippen LogP contribution in [0, 0.1) is 5.92 Å². The Hall–Kier alpha value is 0.330. The summed E-state index contributed by atoms with van der Waals surface area (Å²) in [5.41, 5.74) is 1.16. The lowest BCUT2D eigenvalue weighted by Gasteiger charge is -2.28. The SMILES string of the molecule is C=C1CCCC(CS(=O)O)C1Br. The largest absolute Gasteiger partial charge is 0.306 e. The molecule has 3 atom stereocenters. The fourth-order valence-corrected chi connectivity index (χ4v) is 3.21. The predicted octanol–water partition coefficient (Wildman–Crippen LogP) is 2.33. The fraction of sp³-hybridized carbons (Fsp3) is 0.750. The number of halogens is 1. The Balaban J connectivity index is 2.52. The molecule has 4 heteroatoms. The quantitative estimate of drug-likeness (QED) is 0.466. The molecule has 2 nitrogen and oxygen atoms in total. The molecule has 12 heavy (non-hydrogen) atoms. The number of allylic oxidation sites excluding steroid dienone is 1. The summed E-state index contributed by atoms with van der Waals surface area (Å²) in [5, 5.41) is 0. The first kappa shape index (κ1) is 10.4. The molecule has 1 aliphatic carbocycles. The molecule has 0 spiro atoms. The van der Waals surface area contributed by atoms with Crippen molar-refractivity contribution < 1.29 is 8.76 Å². The van der Waals surface area contributed by atoms with Crippen LogP contribution in [0.1, 0.15) is 19.3 Å². The maximum atomic E-state index is 10.6. The number of hydrogen-bond donors (Lipinski definition) is 1. The van der Waals surface area contributed by atoms with Gasteiger partial charge in [-0.3, -0.25) is 0 Å². The van der Waals surface area contributed by atoms with Crippen molar-refractivity contribution in [3.8, 4) is 0 Å². The first-order valence-corrected chi connectivity index (χ1v) is 6.19. The van der Waals surface area contributed by atoms with E-state index < -0.39 is 11.1 Å². The van der Waals surface area contributed by atoms with E-state index >= 15 is 0 Å². The van der Waals surface area contributed by atoms with Crippen molar-refractivity contribution in [2.24, 2.45) is 5.92 Å². The number of alkyl halides is 1. The molecule has 0 saturated heterocycles. The molecule has 0 aliphatic heterocycles. The Bertz CT molecular complexity index is 205. The van der Waals surface area contributed by atoms with Crippen LogP contribution in [0.2, 0.25) is 0 Å². The zero-order valence-electron chi connectivity index (χ0n) is 6.83. The van der Waals surface area contributed by atoms with Gasteiger partial charge >= 0.3 is 0 Å². The summed E-state index contributed by atoms with van der Waals surface area (Å²) in [6.45, 7) is 3.93. The molecular weight excluding hydrogens is 240 g/mol. The van der Waals surface area contributed by atoms with Crippen LogP contribution < -0.4 is 0 Å². The van der Waals surface area contributed by atoms with Crippen LogP contribution in [0.3, 0.4) is 0 Å². The highest BCUT2D eigenvalue weighted by atomic mass is 79.9. The van der Waals surface area contributed by atoms with Crippen molar-refractivity contribution in [3.63, 3.8) is 0 Å². The third kappa shape index (κ3) is 2.68. The van der Waals surface area contributed by atoms with Crippen molar-refractivity contribution in [1.29, 1.82) is 0 Å². The summed E-state index contributed by atoms with van der Waals surface area (Å²) < 4.78 is 19.3. The molecule has 3 unspecified atom stereocenters. The van der Waals surface area contributed by atoms with Crippen molar-refractivity contribution in [2.45, 2.75) is 24.1 Å². The van der Waals surface area contributed by atoms with Gasteiger partial charge in [-0.25, -0.2) is 4.21 Å². The third-order valence-corrected chi connectivity index (χ3v) is 4.34. The molecule has 0 amide bonds. The minimum atomic E-state index is -1.67. The third-order valence-electron chi connectivity index (χ3n) is 2.23. The van der Waals surface area contributed by atoms with E-state index in [2.05, 4.69) is 22.5 Å². The summed E-state index contributed by atoms with van der Waals surface area (Å²) in [6.07, 6.45) is 3.18. The molecule has 0 heterocycles. The summed E-state index contributed by atoms with van der Waals surface area (Å²) >= 11 is 1.83. The molecule has 70 valence electrons. The van der Waals surface area contributed by atoms with Crippen molar-refractivity contribution in [2.75, 3.05) is 5.75 Å². The lowest BCUT2D eigenvalue weighted by molar-refractivity contribution is 0.459. The zero-order chi connectivity index (χ0) is 9.14. The van der Waals surface area contributed by atoms with E-state index in [0.717, 1.165) is 24.8 Å². The highest BCUT2D eigenvalue weighted by molar-refractivity contribution is 9.09. The van der Waals surface area contributed by atoms with Gasteiger partial charge in [0.25, 0.3) is 0 Å². The van der Waals surface area contributed by atoms with Gasteiger partial charge < -0.3 is 4.55 Å². The van der Waals surface area contributed by atoms with Gasteiger partial charge in [0.15, 0.2) is 11.1 Å². The van der Waals surface area contributed by atoms with Crippen LogP contribution in [0.15, 0.2) is 12.2 Å². The molecule has 1 fully saturated rings. The van der Waals surface area contributed by atoms with E-state index in [1.54, 1.807) is 0 Å². The molecule has 0 aromatic rings. The summed E-state index contributed by atoms with van der Waals surface area (Å²) in [7, 11) is 0. The first-order chi connectivity index (χ1) is 5.61. The van der Waals surface area contributed by atoms with Crippen LogP contribution in [-0.4, -0.2) is 19.3 Å². The van der Waals surface area contributed by atoms with Gasteiger partial charge in [-0.2, -0.15) is 0 Å². The van der Waals surface area contributed by atoms with Crippen molar-refractivity contribution in [3.05, 3.63) is 12.2 Å². The maximum absolute atomic E-state index is 10.6. The minimum Gasteiger partial charge on any atom is -0.306 e. The maximum Gasteiger partial charge on any atom is 0.153 e. The highest BCUT2D eigenvalue weighted by Gasteiger charge is 2.26. The number of rotatable bonds is 2. The fourth-order valence-electron chi connectivity index (χ4n) is 1.56. The van der Waals surface area contributed by atoms with Gasteiger partial charge in [0.2, 0.25) is 0 Å². The van der Waals surface area contributed by atoms with E-state index in [0.29, 0.717) is 5.75 Å². The summed E-state index contributed by atoms with van der Waals surface area (Å²) in [6, 6.07) is 0. The van der Waals surface area contributed by atoms with E-state index in [4.69, 9.17) is 4.55 Å². The molecular formula is C8H13BrO2S. The molecule has 0 radical (unpaired) electrons. The van der Waals surface area contributed by atoms with E-state index in [9.17, 15) is 4.21 Å². The Morgan fingerprint density at radius 3 is 3.00 bits per heavy atom. The van der Waals surface area contributed by atoms with Crippen LogP contribution in [-0.2, 0) is 11.1 Å². The molecule has 1 saturated carbocycles. The zero-order valence-corrected chi connectivity index (χ0v) is 9.23. The number of hydrogen-bond acceptors (Lipinski definition) is 1. The second kappa shape index (κ2) is 4.53. The normalized spacial score (nSPS) is 33.3. The van der Waals surface area contributed by atoms with Crippen LogP contribution in [0.25, 0.3) is 0 Å². The Kier molecular flexibility index (Phi) is 3.93. The van der Waals surface area contributed by atoms with Gasteiger partial charge in [-0.15, -0.1) is 0 Å². The Labute approximate surface area is 83.8 Å². The van der Waals surface area contributed by atoms with Gasteiger partial charge in [0.05, 0.1) is 5.75 Å². The average Bonchev–Trinajstić information content (AvgIpc) is 1.98. The highest BCUT2D eigenvalue weighted by Crippen LogP contribution is 2.33. The van der Waals surface area contributed by atoms with Gasteiger partial charge in [0.1, 0.15) is 0 Å². The molecule has 1 N–H and O–H groups in total. The predicted molar refractivity (Wildman–Crippen MR) is 54.8 cm³/mol. The second-order valence-corrected chi connectivity index (χ2v) is 5.16. The lowest BCUT2D eigenvalue weighted by Crippen LogP contribution is -2.26. The molecule has 1 aliphatic rings. The van der Waals surface area contributed by atoms with Crippen molar-refractivity contribution in [1.82, 2.24) is 0 Å². The van der Waals surface area contributed by atoms with Gasteiger partial charge in [-0.1, -0.05) is 28.1 Å². The van der Waals surface area contributed by atoms with Crippen LogP contribution in [0.5, 0.6) is 0 Å². The average molecular weight is 253 g/mol. The Morgan fingerprint density at radius 2 is 2.42 bits per heavy atom. The minimum absolute atomic E-state index is 0.238. The molecule has 0 aromatic heterocycles. The van der Waals surface area contributed by atoms with Gasteiger partial charge in [-0.05, 0) is 25.2 Å². The summed E-state index contributed by atoms with van der Waals surface area (Å²) in [5.74, 6) is 0.659. The van der Waals surface area contributed by atoms with Crippen LogP contribution in [0.4, 0.5) is 0 Å². The second-order valence-electron chi connectivity index (χ2n) is 3.20. The summed E-state index contributed by atoms with van der Waals surface area (Å²) in [4.78, 5) is 0.238. The lowest BCUT2D eigenvalue weighted by atomic mass is 9.87.